The van der Waals surface area contributed by atoms with E-state index in [1.54, 1.807) is 12.1 Å². The maximum absolute atomic E-state index is 11.6. The molecule has 2 rings (SSSR count). The predicted molar refractivity (Wildman–Crippen MR) is 64.0 cm³/mol. The normalized spacial score (nSPS) is 10.1. The van der Waals surface area contributed by atoms with E-state index in [2.05, 4.69) is 15.0 Å². The lowest BCUT2D eigenvalue weighted by molar-refractivity contribution is -0.124. The van der Waals surface area contributed by atoms with Crippen molar-refractivity contribution < 1.29 is 14.4 Å². The van der Waals surface area contributed by atoms with E-state index in [1.807, 2.05) is 23.7 Å². The molecule has 0 unspecified atom stereocenters. The first kappa shape index (κ1) is 12.7. The minimum atomic E-state index is -0.687. The molecule has 0 aliphatic rings. The number of amides is 2. The van der Waals surface area contributed by atoms with Crippen molar-refractivity contribution in [1.29, 1.82) is 0 Å². The van der Waals surface area contributed by atoms with Gasteiger partial charge in [-0.25, -0.2) is 5.48 Å². The van der Waals surface area contributed by atoms with Gasteiger partial charge in [-0.2, -0.15) is 9.90 Å². The Morgan fingerprint density at radius 3 is 2.74 bits per heavy atom. The van der Waals surface area contributed by atoms with Gasteiger partial charge in [0.2, 0.25) is 5.91 Å². The predicted octanol–water partition coefficient (Wildman–Crippen LogP) is -0.586. The Balaban J connectivity index is 2.01. The standard InChI is InChI=1S/C11H11N5O3/c12-10(17)7-19-15-11(18)9-6-13-16(14-9)8-4-2-1-3-5-8/h1-6H,7H2,(H2,12,17)(H,15,18). The lowest BCUT2D eigenvalue weighted by Gasteiger charge is -2.01. The summed E-state index contributed by atoms with van der Waals surface area (Å²) in [5.74, 6) is -1.29. The lowest BCUT2D eigenvalue weighted by atomic mass is 10.3. The van der Waals surface area contributed by atoms with Crippen molar-refractivity contribution in [3.63, 3.8) is 0 Å². The van der Waals surface area contributed by atoms with Crippen molar-refractivity contribution in [3.05, 3.63) is 42.2 Å². The highest BCUT2D eigenvalue weighted by Gasteiger charge is 2.11. The van der Waals surface area contributed by atoms with Crippen LogP contribution in [0, 0.1) is 0 Å². The van der Waals surface area contributed by atoms with E-state index in [0.29, 0.717) is 0 Å². The summed E-state index contributed by atoms with van der Waals surface area (Å²) in [7, 11) is 0. The number of hydrogen-bond donors (Lipinski definition) is 2. The molecule has 3 N–H and O–H groups in total. The zero-order valence-electron chi connectivity index (χ0n) is 9.81. The van der Waals surface area contributed by atoms with Gasteiger partial charge in [-0.1, -0.05) is 18.2 Å². The topological polar surface area (TPSA) is 112 Å². The molecule has 2 aromatic rings. The molecule has 8 heteroatoms. The second-order valence-electron chi connectivity index (χ2n) is 3.54. The van der Waals surface area contributed by atoms with Gasteiger partial charge in [-0.15, -0.1) is 5.10 Å². The van der Waals surface area contributed by atoms with Gasteiger partial charge in [0.25, 0.3) is 5.91 Å². The third-order valence-electron chi connectivity index (χ3n) is 2.09. The number of aromatic nitrogens is 3. The number of hydrogen-bond acceptors (Lipinski definition) is 5. The van der Waals surface area contributed by atoms with E-state index >= 15 is 0 Å². The van der Waals surface area contributed by atoms with Crippen LogP contribution in [0.15, 0.2) is 36.5 Å². The summed E-state index contributed by atoms with van der Waals surface area (Å²) >= 11 is 0. The molecule has 0 aliphatic carbocycles. The fourth-order valence-electron chi connectivity index (χ4n) is 1.28. The Labute approximate surface area is 108 Å². The first-order valence-electron chi connectivity index (χ1n) is 5.35. The van der Waals surface area contributed by atoms with Gasteiger partial charge in [-0.05, 0) is 12.1 Å². The van der Waals surface area contributed by atoms with Gasteiger partial charge < -0.3 is 5.73 Å². The van der Waals surface area contributed by atoms with Crippen molar-refractivity contribution in [3.8, 4) is 5.69 Å². The van der Waals surface area contributed by atoms with Gasteiger partial charge in [0, 0.05) is 0 Å². The molecule has 1 aromatic heterocycles. The van der Waals surface area contributed by atoms with Crippen LogP contribution in [0.4, 0.5) is 0 Å². The molecule has 0 spiro atoms. The van der Waals surface area contributed by atoms with Crippen LogP contribution in [0.25, 0.3) is 5.69 Å². The van der Waals surface area contributed by atoms with Crippen LogP contribution in [0.5, 0.6) is 0 Å². The fourth-order valence-corrected chi connectivity index (χ4v) is 1.28. The first-order chi connectivity index (χ1) is 9.16. The molecule has 1 heterocycles. The van der Waals surface area contributed by atoms with Crippen LogP contribution in [-0.4, -0.2) is 33.4 Å². The minimum Gasteiger partial charge on any atom is -0.368 e. The van der Waals surface area contributed by atoms with Gasteiger partial charge >= 0.3 is 0 Å². The number of para-hydroxylation sites is 1. The van der Waals surface area contributed by atoms with E-state index in [9.17, 15) is 9.59 Å². The van der Waals surface area contributed by atoms with Crippen LogP contribution in [0.2, 0.25) is 0 Å². The molecule has 2 amide bonds. The maximum atomic E-state index is 11.6. The quantitative estimate of drug-likeness (QED) is 0.699. The van der Waals surface area contributed by atoms with Crippen molar-refractivity contribution in [2.75, 3.05) is 6.61 Å². The zero-order chi connectivity index (χ0) is 13.7. The first-order valence-corrected chi connectivity index (χ1v) is 5.35. The molecule has 0 aliphatic heterocycles. The number of carbonyl (C=O) groups is 2. The number of nitrogens with zero attached hydrogens (tertiary/aromatic N) is 3. The Kier molecular flexibility index (Phi) is 3.84. The highest BCUT2D eigenvalue weighted by Crippen LogP contribution is 2.03. The van der Waals surface area contributed by atoms with E-state index < -0.39 is 18.4 Å². The number of benzene rings is 1. The number of nitrogens with one attached hydrogen (secondary N) is 1. The third-order valence-corrected chi connectivity index (χ3v) is 2.09. The molecule has 19 heavy (non-hydrogen) atoms. The summed E-state index contributed by atoms with van der Waals surface area (Å²) in [5.41, 5.74) is 7.67. The van der Waals surface area contributed by atoms with E-state index in [-0.39, 0.29) is 5.69 Å². The van der Waals surface area contributed by atoms with Crippen molar-refractivity contribution in [2.24, 2.45) is 5.73 Å². The molecule has 0 saturated heterocycles. The molecule has 0 fully saturated rings. The molecular weight excluding hydrogens is 250 g/mol. The SMILES string of the molecule is NC(=O)CONC(=O)c1cnn(-c2ccccc2)n1. The summed E-state index contributed by atoms with van der Waals surface area (Å²) in [6.45, 7) is -0.404. The molecule has 0 saturated carbocycles. The molecule has 0 atom stereocenters. The lowest BCUT2D eigenvalue weighted by Crippen LogP contribution is -2.29. The average Bonchev–Trinajstić information content (AvgIpc) is 2.89. The number of carbonyl (C=O) groups excluding carboxylic acids is 2. The van der Waals surface area contributed by atoms with E-state index in [0.717, 1.165) is 5.69 Å². The average molecular weight is 261 g/mol. The maximum Gasteiger partial charge on any atom is 0.297 e. The van der Waals surface area contributed by atoms with Gasteiger partial charge in [0.15, 0.2) is 12.3 Å². The van der Waals surface area contributed by atoms with Crippen molar-refractivity contribution in [2.45, 2.75) is 0 Å². The summed E-state index contributed by atoms with van der Waals surface area (Å²) < 4.78 is 0. The number of primary amides is 1. The van der Waals surface area contributed by atoms with Crippen molar-refractivity contribution >= 4 is 11.8 Å². The number of rotatable bonds is 5. The summed E-state index contributed by atoms with van der Waals surface area (Å²) in [4.78, 5) is 27.9. The summed E-state index contributed by atoms with van der Waals surface area (Å²) in [5, 5.41) is 7.92. The molecular formula is C11H11N5O3. The van der Waals surface area contributed by atoms with Crippen LogP contribution in [0.3, 0.4) is 0 Å². The highest BCUT2D eigenvalue weighted by atomic mass is 16.7. The van der Waals surface area contributed by atoms with Crippen LogP contribution >= 0.6 is 0 Å². The monoisotopic (exact) mass is 261 g/mol. The minimum absolute atomic E-state index is 0.0633. The van der Waals surface area contributed by atoms with E-state index in [1.165, 1.54) is 11.0 Å². The molecule has 98 valence electrons. The van der Waals surface area contributed by atoms with Crippen molar-refractivity contribution in [1.82, 2.24) is 20.5 Å². The van der Waals surface area contributed by atoms with Gasteiger partial charge in [0.05, 0.1) is 11.9 Å². The number of nitrogens with two attached hydrogens (primary N) is 1. The Hall–Kier alpha value is -2.74. The van der Waals surface area contributed by atoms with Crippen LogP contribution < -0.4 is 11.2 Å². The smallest absolute Gasteiger partial charge is 0.297 e. The van der Waals surface area contributed by atoms with Gasteiger partial charge in [0.1, 0.15) is 0 Å². The number of hydroxylamine groups is 1. The van der Waals surface area contributed by atoms with Crippen LogP contribution in [-0.2, 0) is 9.63 Å². The Morgan fingerprint density at radius 1 is 1.32 bits per heavy atom. The summed E-state index contributed by atoms with van der Waals surface area (Å²) in [6.07, 6.45) is 1.29. The second-order valence-corrected chi connectivity index (χ2v) is 3.54. The second kappa shape index (κ2) is 5.74. The largest absolute Gasteiger partial charge is 0.368 e. The highest BCUT2D eigenvalue weighted by molar-refractivity contribution is 5.91. The van der Waals surface area contributed by atoms with E-state index in [4.69, 9.17) is 5.73 Å². The third kappa shape index (κ3) is 3.36. The van der Waals surface area contributed by atoms with Gasteiger partial charge in [-0.3, -0.25) is 14.4 Å². The van der Waals surface area contributed by atoms with Crippen LogP contribution in [0.1, 0.15) is 10.5 Å². The molecule has 0 bridgehead atoms. The Morgan fingerprint density at radius 2 is 2.05 bits per heavy atom. The zero-order valence-corrected chi connectivity index (χ0v) is 9.81. The Bertz CT molecular complexity index is 581. The summed E-state index contributed by atoms with van der Waals surface area (Å²) in [6, 6.07) is 9.11. The fraction of sp³-hybridized carbons (Fsp3) is 0.0909. The molecule has 8 nitrogen and oxygen atoms in total. The molecule has 1 aromatic carbocycles. The molecule has 0 radical (unpaired) electrons.